The van der Waals surface area contributed by atoms with Crippen molar-refractivity contribution in [2.24, 2.45) is 5.92 Å². The van der Waals surface area contributed by atoms with Crippen molar-refractivity contribution in [2.45, 2.75) is 11.3 Å². The topological polar surface area (TPSA) is 46.2 Å². The molecule has 0 saturated carbocycles. The lowest BCUT2D eigenvalue weighted by Gasteiger charge is -2.19. The molecular weight excluding hydrogens is 286 g/mol. The van der Waals surface area contributed by atoms with E-state index < -0.39 is 9.84 Å². The molecule has 96 valence electrons. The van der Waals surface area contributed by atoms with Crippen LogP contribution in [0.25, 0.3) is 0 Å². The Labute approximate surface area is 116 Å². The highest BCUT2D eigenvalue weighted by molar-refractivity contribution is 8.24. The van der Waals surface area contributed by atoms with Crippen molar-refractivity contribution >= 4 is 43.7 Å². The first-order valence-electron chi connectivity index (χ1n) is 5.78. The number of hydrogen-bond acceptors (Lipinski definition) is 5. The molecule has 2 aliphatic heterocycles. The number of para-hydroxylation sites is 1. The maximum absolute atomic E-state index is 11.7. The number of fused-ring (bicyclic) bond motifs is 1. The Morgan fingerprint density at radius 1 is 1.22 bits per heavy atom. The Hall–Kier alpha value is -0.590. The van der Waals surface area contributed by atoms with Crippen LogP contribution in [0.1, 0.15) is 0 Å². The number of sulfone groups is 1. The van der Waals surface area contributed by atoms with Gasteiger partial charge in [0.25, 0.3) is 0 Å². The standard InChI is InChI=1S/C12H13NO2S3/c14-18(15)6-9-10(7-18)17-12(16)11(9)13-8-4-2-1-3-5-8/h1-5,9-11,13H,6-7H2/t9-,10-,11+/m0/s1. The summed E-state index contributed by atoms with van der Waals surface area (Å²) in [5, 5.41) is 3.52. The first-order valence-corrected chi connectivity index (χ1v) is 8.89. The van der Waals surface area contributed by atoms with Crippen molar-refractivity contribution in [1.29, 1.82) is 0 Å². The van der Waals surface area contributed by atoms with Gasteiger partial charge in [0.05, 0.1) is 21.7 Å². The number of thioether (sulfide) groups is 1. The van der Waals surface area contributed by atoms with Crippen LogP contribution in [-0.2, 0) is 9.84 Å². The Balaban J connectivity index is 1.82. The summed E-state index contributed by atoms with van der Waals surface area (Å²) < 4.78 is 24.2. The van der Waals surface area contributed by atoms with Crippen molar-refractivity contribution in [3.8, 4) is 0 Å². The van der Waals surface area contributed by atoms with E-state index in [1.165, 1.54) is 0 Å². The van der Waals surface area contributed by atoms with Gasteiger partial charge in [-0.05, 0) is 12.1 Å². The van der Waals surface area contributed by atoms with Crippen LogP contribution in [-0.4, -0.2) is 35.4 Å². The Bertz CT molecular complexity index is 570. The average Bonchev–Trinajstić information content (AvgIpc) is 2.74. The van der Waals surface area contributed by atoms with Crippen molar-refractivity contribution in [3.63, 3.8) is 0 Å². The van der Waals surface area contributed by atoms with Gasteiger partial charge in [0, 0.05) is 16.9 Å². The largest absolute Gasteiger partial charge is 0.376 e. The van der Waals surface area contributed by atoms with E-state index in [4.69, 9.17) is 12.2 Å². The zero-order chi connectivity index (χ0) is 12.8. The van der Waals surface area contributed by atoms with E-state index >= 15 is 0 Å². The van der Waals surface area contributed by atoms with Crippen LogP contribution in [0.15, 0.2) is 30.3 Å². The SMILES string of the molecule is O=S1(=O)C[C@H]2[C@H](C1)SC(=S)[C@@H]2Nc1ccccc1. The molecule has 0 unspecified atom stereocenters. The zero-order valence-corrected chi connectivity index (χ0v) is 12.0. The summed E-state index contributed by atoms with van der Waals surface area (Å²) in [4.78, 5) is 0. The molecule has 1 N–H and O–H groups in total. The van der Waals surface area contributed by atoms with Crippen LogP contribution in [0.2, 0.25) is 0 Å². The summed E-state index contributed by atoms with van der Waals surface area (Å²) in [6.45, 7) is 0. The summed E-state index contributed by atoms with van der Waals surface area (Å²) in [5.74, 6) is 0.651. The molecule has 2 fully saturated rings. The van der Waals surface area contributed by atoms with Gasteiger partial charge in [-0.15, -0.1) is 11.8 Å². The van der Waals surface area contributed by atoms with Crippen molar-refractivity contribution in [2.75, 3.05) is 16.8 Å². The first-order chi connectivity index (χ1) is 8.55. The Morgan fingerprint density at radius 3 is 2.67 bits per heavy atom. The molecule has 18 heavy (non-hydrogen) atoms. The number of hydrogen-bond donors (Lipinski definition) is 1. The maximum Gasteiger partial charge on any atom is 0.151 e. The molecule has 0 radical (unpaired) electrons. The molecule has 0 bridgehead atoms. The van der Waals surface area contributed by atoms with E-state index in [9.17, 15) is 8.42 Å². The normalized spacial score (nSPS) is 33.3. The minimum atomic E-state index is -2.87. The molecule has 1 aromatic rings. The summed E-state index contributed by atoms with van der Waals surface area (Å²) in [7, 11) is -2.87. The third-order valence-electron chi connectivity index (χ3n) is 3.39. The second kappa shape index (κ2) is 4.51. The van der Waals surface area contributed by atoms with E-state index in [1.54, 1.807) is 11.8 Å². The van der Waals surface area contributed by atoms with Crippen LogP contribution >= 0.6 is 24.0 Å². The quantitative estimate of drug-likeness (QED) is 0.846. The molecule has 0 aromatic heterocycles. The average molecular weight is 299 g/mol. The van der Waals surface area contributed by atoms with Gasteiger partial charge in [-0.25, -0.2) is 8.42 Å². The van der Waals surface area contributed by atoms with E-state index in [2.05, 4.69) is 5.32 Å². The highest BCUT2D eigenvalue weighted by atomic mass is 32.2. The van der Waals surface area contributed by atoms with E-state index in [0.717, 1.165) is 9.88 Å². The third-order valence-corrected chi connectivity index (χ3v) is 7.21. The van der Waals surface area contributed by atoms with Crippen LogP contribution in [0.5, 0.6) is 0 Å². The van der Waals surface area contributed by atoms with Crippen LogP contribution < -0.4 is 5.32 Å². The Kier molecular flexibility index (Phi) is 3.11. The molecule has 1 aromatic carbocycles. The second-order valence-electron chi connectivity index (χ2n) is 4.70. The van der Waals surface area contributed by atoms with Gasteiger partial charge in [-0.1, -0.05) is 30.4 Å². The molecule has 3 nitrogen and oxygen atoms in total. The minimum absolute atomic E-state index is 0.00493. The highest BCUT2D eigenvalue weighted by Gasteiger charge is 2.49. The molecule has 3 rings (SSSR count). The molecule has 2 aliphatic rings. The molecule has 0 aliphatic carbocycles. The fourth-order valence-electron chi connectivity index (χ4n) is 2.55. The smallest absolute Gasteiger partial charge is 0.151 e. The zero-order valence-electron chi connectivity index (χ0n) is 9.57. The van der Waals surface area contributed by atoms with Gasteiger partial charge < -0.3 is 5.32 Å². The lowest BCUT2D eigenvalue weighted by Crippen LogP contribution is -2.32. The number of benzene rings is 1. The van der Waals surface area contributed by atoms with E-state index in [0.29, 0.717) is 0 Å². The van der Waals surface area contributed by atoms with Crippen LogP contribution in [0, 0.1) is 5.92 Å². The molecule has 0 amide bonds. The van der Waals surface area contributed by atoms with Crippen LogP contribution in [0.4, 0.5) is 5.69 Å². The van der Waals surface area contributed by atoms with Crippen molar-refractivity contribution in [3.05, 3.63) is 30.3 Å². The minimum Gasteiger partial charge on any atom is -0.376 e. The molecule has 3 atom stereocenters. The number of nitrogens with one attached hydrogen (secondary N) is 1. The molecule has 2 heterocycles. The predicted molar refractivity (Wildman–Crippen MR) is 80.0 cm³/mol. The second-order valence-corrected chi connectivity index (χ2v) is 8.84. The highest BCUT2D eigenvalue weighted by Crippen LogP contribution is 2.42. The number of anilines is 1. The number of rotatable bonds is 2. The monoisotopic (exact) mass is 299 g/mol. The van der Waals surface area contributed by atoms with Crippen LogP contribution in [0.3, 0.4) is 0 Å². The summed E-state index contributed by atoms with van der Waals surface area (Å²) in [6.07, 6.45) is 0. The fraction of sp³-hybridized carbons (Fsp3) is 0.417. The fourth-order valence-corrected chi connectivity index (χ4v) is 7.17. The first kappa shape index (κ1) is 12.4. The van der Waals surface area contributed by atoms with Crippen molar-refractivity contribution < 1.29 is 8.42 Å². The molecular formula is C12H13NO2S3. The molecule has 6 heteroatoms. The summed E-state index contributed by atoms with van der Waals surface area (Å²) >= 11 is 6.93. The third kappa shape index (κ3) is 2.29. The van der Waals surface area contributed by atoms with Crippen molar-refractivity contribution in [1.82, 2.24) is 0 Å². The van der Waals surface area contributed by atoms with Gasteiger partial charge >= 0.3 is 0 Å². The number of thiocarbonyl (C=S) groups is 1. The lowest BCUT2D eigenvalue weighted by atomic mass is 10.0. The molecule has 0 spiro atoms. The summed E-state index contributed by atoms with van der Waals surface area (Å²) in [5.41, 5.74) is 0.996. The van der Waals surface area contributed by atoms with E-state index in [1.807, 2.05) is 30.3 Å². The van der Waals surface area contributed by atoms with Gasteiger partial charge in [-0.3, -0.25) is 0 Å². The van der Waals surface area contributed by atoms with Gasteiger partial charge in [-0.2, -0.15) is 0 Å². The predicted octanol–water partition coefficient (Wildman–Crippen LogP) is 1.95. The lowest BCUT2D eigenvalue weighted by molar-refractivity contribution is 0.588. The molecule has 2 saturated heterocycles. The maximum atomic E-state index is 11.7. The Morgan fingerprint density at radius 2 is 1.94 bits per heavy atom. The van der Waals surface area contributed by atoms with Gasteiger partial charge in [0.2, 0.25) is 0 Å². The van der Waals surface area contributed by atoms with Gasteiger partial charge in [0.1, 0.15) is 0 Å². The summed E-state index contributed by atoms with van der Waals surface area (Å²) in [6, 6.07) is 9.81. The van der Waals surface area contributed by atoms with Gasteiger partial charge in [0.15, 0.2) is 9.84 Å². The van der Waals surface area contributed by atoms with E-state index in [-0.39, 0.29) is 28.7 Å².